The van der Waals surface area contributed by atoms with Gasteiger partial charge in [-0.1, -0.05) is 0 Å². The first-order valence-electron chi connectivity index (χ1n) is 4.04. The van der Waals surface area contributed by atoms with Crippen LogP contribution in [0.3, 0.4) is 0 Å². The van der Waals surface area contributed by atoms with Gasteiger partial charge in [-0.05, 0) is 13.0 Å². The van der Waals surface area contributed by atoms with Crippen molar-refractivity contribution < 1.29 is 4.74 Å². The molecule has 0 unspecified atom stereocenters. The molecule has 0 spiro atoms. The Balaban J connectivity index is 2.15. The lowest BCUT2D eigenvalue weighted by atomic mass is 10.1. The minimum Gasteiger partial charge on any atom is -0.383 e. The quantitative estimate of drug-likeness (QED) is 0.550. The Morgan fingerprint density at radius 2 is 2.55 bits per heavy atom. The second-order valence-electron chi connectivity index (χ2n) is 2.95. The standard InChI is InChI=1S/C9H15NO/c1-3-9-4-5-10(8-9)6-7-11-2/h1,9H,4-8H2,2H3/t9-/m0/s1. The average Bonchev–Trinajstić information content (AvgIpc) is 2.48. The molecule has 1 atom stereocenters. The molecule has 1 rings (SSSR count). The summed E-state index contributed by atoms with van der Waals surface area (Å²) in [5.41, 5.74) is 0. The number of ether oxygens (including phenoxy) is 1. The SMILES string of the molecule is C#C[C@H]1CCN(CCOC)C1. The summed E-state index contributed by atoms with van der Waals surface area (Å²) in [7, 11) is 1.73. The molecule has 0 aromatic carbocycles. The van der Waals surface area contributed by atoms with Crippen LogP contribution >= 0.6 is 0 Å². The molecule has 62 valence electrons. The molecule has 0 aromatic heterocycles. The van der Waals surface area contributed by atoms with Gasteiger partial charge < -0.3 is 4.74 Å². The molecule has 1 saturated heterocycles. The zero-order chi connectivity index (χ0) is 8.10. The van der Waals surface area contributed by atoms with E-state index < -0.39 is 0 Å². The predicted molar refractivity (Wildman–Crippen MR) is 45.3 cm³/mol. The fourth-order valence-corrected chi connectivity index (χ4v) is 1.39. The van der Waals surface area contributed by atoms with Crippen LogP contribution in [0.4, 0.5) is 0 Å². The molecule has 11 heavy (non-hydrogen) atoms. The van der Waals surface area contributed by atoms with E-state index in [2.05, 4.69) is 10.8 Å². The number of hydrogen-bond acceptors (Lipinski definition) is 2. The molecule has 0 saturated carbocycles. The van der Waals surface area contributed by atoms with Gasteiger partial charge in [-0.15, -0.1) is 12.3 Å². The second-order valence-corrected chi connectivity index (χ2v) is 2.95. The molecule has 0 amide bonds. The van der Waals surface area contributed by atoms with Crippen LogP contribution < -0.4 is 0 Å². The van der Waals surface area contributed by atoms with Crippen molar-refractivity contribution in [1.82, 2.24) is 4.90 Å². The van der Waals surface area contributed by atoms with Gasteiger partial charge in [-0.25, -0.2) is 0 Å². The molecule has 0 aliphatic carbocycles. The van der Waals surface area contributed by atoms with E-state index in [1.165, 1.54) is 0 Å². The Bertz CT molecular complexity index is 150. The second kappa shape index (κ2) is 4.38. The largest absolute Gasteiger partial charge is 0.383 e. The monoisotopic (exact) mass is 153 g/mol. The number of rotatable bonds is 3. The highest BCUT2D eigenvalue weighted by atomic mass is 16.5. The van der Waals surface area contributed by atoms with Gasteiger partial charge in [-0.3, -0.25) is 4.90 Å². The topological polar surface area (TPSA) is 12.5 Å². The summed E-state index contributed by atoms with van der Waals surface area (Å²) in [6.45, 7) is 4.03. The number of likely N-dealkylation sites (tertiary alicyclic amines) is 1. The first-order chi connectivity index (χ1) is 5.36. The van der Waals surface area contributed by atoms with Gasteiger partial charge in [0.05, 0.1) is 6.61 Å². The fourth-order valence-electron chi connectivity index (χ4n) is 1.39. The molecule has 1 aliphatic rings. The first-order valence-corrected chi connectivity index (χ1v) is 4.04. The van der Waals surface area contributed by atoms with Crippen LogP contribution in [0.1, 0.15) is 6.42 Å². The van der Waals surface area contributed by atoms with Crippen molar-refractivity contribution in [2.45, 2.75) is 6.42 Å². The number of nitrogens with zero attached hydrogens (tertiary/aromatic N) is 1. The van der Waals surface area contributed by atoms with E-state index in [1.807, 2.05) is 0 Å². The van der Waals surface area contributed by atoms with Crippen molar-refractivity contribution in [1.29, 1.82) is 0 Å². The van der Waals surface area contributed by atoms with Crippen molar-refractivity contribution in [3.8, 4) is 12.3 Å². The van der Waals surface area contributed by atoms with Crippen molar-refractivity contribution >= 4 is 0 Å². The lowest BCUT2D eigenvalue weighted by Crippen LogP contribution is -2.24. The maximum absolute atomic E-state index is 5.32. The van der Waals surface area contributed by atoms with Gasteiger partial charge in [0.15, 0.2) is 0 Å². The van der Waals surface area contributed by atoms with E-state index >= 15 is 0 Å². The van der Waals surface area contributed by atoms with E-state index in [0.717, 1.165) is 32.7 Å². The van der Waals surface area contributed by atoms with Gasteiger partial charge >= 0.3 is 0 Å². The Morgan fingerprint density at radius 3 is 3.09 bits per heavy atom. The zero-order valence-corrected chi connectivity index (χ0v) is 7.05. The molecular formula is C9H15NO. The van der Waals surface area contributed by atoms with Crippen molar-refractivity contribution in [3.05, 3.63) is 0 Å². The van der Waals surface area contributed by atoms with Crippen molar-refractivity contribution in [3.63, 3.8) is 0 Å². The van der Waals surface area contributed by atoms with Crippen LogP contribution in [0.5, 0.6) is 0 Å². The summed E-state index contributed by atoms with van der Waals surface area (Å²) >= 11 is 0. The predicted octanol–water partition coefficient (Wildman–Crippen LogP) is 0.588. The maximum atomic E-state index is 5.32. The average molecular weight is 153 g/mol. The van der Waals surface area contributed by atoms with Crippen LogP contribution in [0.25, 0.3) is 0 Å². The lowest BCUT2D eigenvalue weighted by Gasteiger charge is -2.13. The molecule has 2 nitrogen and oxygen atoms in total. The van der Waals surface area contributed by atoms with Crippen molar-refractivity contribution in [2.24, 2.45) is 5.92 Å². The van der Waals surface area contributed by atoms with Crippen LogP contribution in [0.2, 0.25) is 0 Å². The lowest BCUT2D eigenvalue weighted by molar-refractivity contribution is 0.160. The Kier molecular flexibility index (Phi) is 3.41. The van der Waals surface area contributed by atoms with Gasteiger partial charge in [0.25, 0.3) is 0 Å². The van der Waals surface area contributed by atoms with Crippen LogP contribution in [-0.4, -0.2) is 38.3 Å². The summed E-state index contributed by atoms with van der Waals surface area (Å²) in [5.74, 6) is 3.27. The highest BCUT2D eigenvalue weighted by molar-refractivity contribution is 4.97. The maximum Gasteiger partial charge on any atom is 0.0589 e. The van der Waals surface area contributed by atoms with E-state index in [4.69, 9.17) is 11.2 Å². The summed E-state index contributed by atoms with van der Waals surface area (Å²) in [5, 5.41) is 0. The van der Waals surface area contributed by atoms with Crippen LogP contribution in [-0.2, 0) is 4.74 Å². The minimum absolute atomic E-state index is 0.479. The molecule has 0 radical (unpaired) electrons. The molecule has 0 aromatic rings. The fraction of sp³-hybridized carbons (Fsp3) is 0.778. The summed E-state index contributed by atoms with van der Waals surface area (Å²) < 4.78 is 4.98. The Labute approximate surface area is 68.5 Å². The first kappa shape index (κ1) is 8.58. The third-order valence-corrected chi connectivity index (χ3v) is 2.12. The summed E-state index contributed by atoms with van der Waals surface area (Å²) in [6, 6.07) is 0. The third-order valence-electron chi connectivity index (χ3n) is 2.12. The smallest absolute Gasteiger partial charge is 0.0589 e. The Morgan fingerprint density at radius 1 is 1.73 bits per heavy atom. The van der Waals surface area contributed by atoms with Gasteiger partial charge in [0, 0.05) is 26.1 Å². The minimum atomic E-state index is 0.479. The normalized spacial score (nSPS) is 25.3. The van der Waals surface area contributed by atoms with E-state index in [-0.39, 0.29) is 0 Å². The highest BCUT2D eigenvalue weighted by Gasteiger charge is 2.19. The molecule has 0 bridgehead atoms. The number of methoxy groups -OCH3 is 1. The van der Waals surface area contributed by atoms with Crippen LogP contribution in [0.15, 0.2) is 0 Å². The number of hydrogen-bond donors (Lipinski definition) is 0. The summed E-state index contributed by atoms with van der Waals surface area (Å²) in [4.78, 5) is 2.36. The zero-order valence-electron chi connectivity index (χ0n) is 7.05. The van der Waals surface area contributed by atoms with Crippen molar-refractivity contribution in [2.75, 3.05) is 33.4 Å². The van der Waals surface area contributed by atoms with Crippen LogP contribution in [0, 0.1) is 18.3 Å². The summed E-state index contributed by atoms with van der Waals surface area (Å²) in [6.07, 6.45) is 6.47. The van der Waals surface area contributed by atoms with Gasteiger partial charge in [0.1, 0.15) is 0 Å². The molecular weight excluding hydrogens is 138 g/mol. The van der Waals surface area contributed by atoms with E-state index in [9.17, 15) is 0 Å². The van der Waals surface area contributed by atoms with E-state index in [1.54, 1.807) is 7.11 Å². The van der Waals surface area contributed by atoms with Gasteiger partial charge in [0.2, 0.25) is 0 Å². The molecule has 1 heterocycles. The third kappa shape index (κ3) is 2.53. The van der Waals surface area contributed by atoms with E-state index in [0.29, 0.717) is 5.92 Å². The molecule has 0 N–H and O–H groups in total. The number of terminal acetylenes is 1. The molecule has 2 heteroatoms. The Hall–Kier alpha value is -0.520. The highest BCUT2D eigenvalue weighted by Crippen LogP contribution is 2.13. The molecule has 1 aliphatic heterocycles. The molecule has 1 fully saturated rings. The van der Waals surface area contributed by atoms with Gasteiger partial charge in [-0.2, -0.15) is 0 Å².